The van der Waals surface area contributed by atoms with E-state index in [1.807, 2.05) is 0 Å². The second-order valence-corrected chi connectivity index (χ2v) is 29.8. The molecule has 280 valence electrons. The first-order valence-corrected chi connectivity index (χ1v) is 25.1. The van der Waals surface area contributed by atoms with Gasteiger partial charge in [0.15, 0.2) is 12.1 Å². The number of hydrogen-bond donors (Lipinski definition) is 1. The van der Waals surface area contributed by atoms with Crippen LogP contribution in [0.3, 0.4) is 0 Å². The average molecular weight is 829 g/mol. The SMILES string of the molecule is C=C[C@H](O)CC[C@]1(C)OC(I)=C(C(=O)OC)[C@H]2[C@@H]3[C@@H]4[C@@H](C=C(C)[C@@H]3C[C@H]21)[C@@H](O[Si](C(C)C)(C(C)C)C(C)C)[C@H](C)[C@H]4O[Si](C)(C)C(C)(C)C. The summed E-state index contributed by atoms with van der Waals surface area (Å²) in [6.45, 7) is 36.8. The van der Waals surface area contributed by atoms with Crippen molar-refractivity contribution in [3.63, 3.8) is 0 Å². The molecule has 1 N–H and O–H groups in total. The quantitative estimate of drug-likeness (QED) is 0.0914. The van der Waals surface area contributed by atoms with Gasteiger partial charge in [-0.25, -0.2) is 4.79 Å². The van der Waals surface area contributed by atoms with E-state index in [4.69, 9.17) is 18.3 Å². The van der Waals surface area contributed by atoms with Gasteiger partial charge in [0.2, 0.25) is 8.32 Å². The summed E-state index contributed by atoms with van der Waals surface area (Å²) in [6.07, 6.45) is 5.81. The Morgan fingerprint density at radius 3 is 2.16 bits per heavy atom. The van der Waals surface area contributed by atoms with E-state index in [2.05, 4.69) is 131 Å². The zero-order valence-corrected chi connectivity index (χ0v) is 37.5. The fraction of sp³-hybridized carbons (Fsp3) is 0.825. The first-order chi connectivity index (χ1) is 22.5. The lowest BCUT2D eigenvalue weighted by Gasteiger charge is -2.48. The minimum atomic E-state index is -2.23. The predicted octanol–water partition coefficient (Wildman–Crippen LogP) is 10.6. The van der Waals surface area contributed by atoms with Gasteiger partial charge in [0.05, 0.1) is 31.0 Å². The fourth-order valence-corrected chi connectivity index (χ4v) is 18.8. The van der Waals surface area contributed by atoms with Gasteiger partial charge in [0.1, 0.15) is 5.60 Å². The molecule has 3 aliphatic carbocycles. The maximum atomic E-state index is 13.8. The van der Waals surface area contributed by atoms with Crippen LogP contribution in [-0.4, -0.2) is 58.7 Å². The van der Waals surface area contributed by atoms with Crippen molar-refractivity contribution < 1.29 is 28.2 Å². The van der Waals surface area contributed by atoms with Crippen LogP contribution in [0.15, 0.2) is 33.6 Å². The Bertz CT molecular complexity index is 1280. The predicted molar refractivity (Wildman–Crippen MR) is 214 cm³/mol. The van der Waals surface area contributed by atoms with E-state index in [0.717, 1.165) is 6.42 Å². The van der Waals surface area contributed by atoms with E-state index in [9.17, 15) is 9.90 Å². The van der Waals surface area contributed by atoms with E-state index in [-0.39, 0.29) is 58.7 Å². The number of halogens is 1. The molecule has 0 spiro atoms. The molecule has 0 unspecified atom stereocenters. The number of aliphatic hydroxyl groups is 1. The molecule has 0 bridgehead atoms. The van der Waals surface area contributed by atoms with Gasteiger partial charge in [-0.2, -0.15) is 0 Å². The molecule has 9 heteroatoms. The van der Waals surface area contributed by atoms with Crippen LogP contribution < -0.4 is 0 Å². The number of esters is 1. The Balaban J connectivity index is 1.94. The summed E-state index contributed by atoms with van der Waals surface area (Å²) in [6, 6.07) is 0. The van der Waals surface area contributed by atoms with E-state index in [1.165, 1.54) is 12.7 Å². The van der Waals surface area contributed by atoms with E-state index < -0.39 is 28.3 Å². The second kappa shape index (κ2) is 14.8. The highest BCUT2D eigenvalue weighted by molar-refractivity contribution is 14.1. The molecule has 0 aromatic heterocycles. The van der Waals surface area contributed by atoms with Crippen molar-refractivity contribution in [2.24, 2.45) is 41.4 Å². The van der Waals surface area contributed by atoms with Crippen molar-refractivity contribution >= 4 is 45.2 Å². The van der Waals surface area contributed by atoms with Crippen LogP contribution in [0, 0.1) is 41.4 Å². The summed E-state index contributed by atoms with van der Waals surface area (Å²) >= 11 is 2.24. The lowest BCUT2D eigenvalue weighted by molar-refractivity contribution is -0.140. The highest BCUT2D eigenvalue weighted by Crippen LogP contribution is 2.66. The third kappa shape index (κ3) is 7.13. The molecule has 2 fully saturated rings. The molecule has 2 saturated carbocycles. The molecule has 1 heterocycles. The van der Waals surface area contributed by atoms with E-state index >= 15 is 0 Å². The number of hydrogen-bond acceptors (Lipinski definition) is 6. The first-order valence-electron chi connectivity index (χ1n) is 19.0. The summed E-state index contributed by atoms with van der Waals surface area (Å²) < 4.78 is 28.4. The van der Waals surface area contributed by atoms with Gasteiger partial charge >= 0.3 is 5.97 Å². The molecule has 0 aromatic rings. The lowest BCUT2D eigenvalue weighted by Crippen LogP contribution is -2.52. The number of rotatable bonds is 12. The van der Waals surface area contributed by atoms with Gasteiger partial charge < -0.3 is 23.4 Å². The van der Waals surface area contributed by atoms with Crippen LogP contribution in [0.4, 0.5) is 0 Å². The molecule has 4 rings (SSSR count). The Labute approximate surface area is 315 Å². The molecule has 49 heavy (non-hydrogen) atoms. The number of fused-ring (bicyclic) bond motifs is 5. The van der Waals surface area contributed by atoms with Crippen LogP contribution in [-0.2, 0) is 23.1 Å². The summed E-state index contributed by atoms with van der Waals surface area (Å²) in [5.74, 6) is 0.834. The number of aliphatic hydroxyl groups excluding tert-OH is 1. The zero-order valence-electron chi connectivity index (χ0n) is 33.4. The van der Waals surface area contributed by atoms with Crippen molar-refractivity contribution in [1.29, 1.82) is 0 Å². The van der Waals surface area contributed by atoms with Crippen LogP contribution in [0.5, 0.6) is 0 Å². The Morgan fingerprint density at radius 1 is 1.10 bits per heavy atom. The number of carbonyl (C=O) groups excluding carboxylic acids is 1. The molecule has 11 atom stereocenters. The number of methoxy groups -OCH3 is 1. The Morgan fingerprint density at radius 2 is 1.67 bits per heavy atom. The summed E-state index contributed by atoms with van der Waals surface area (Å²) in [5.41, 5.74) is 3.00. The second-order valence-electron chi connectivity index (χ2n) is 18.7. The van der Waals surface area contributed by atoms with Gasteiger partial charge in [0, 0.05) is 23.7 Å². The molecule has 4 aliphatic rings. The largest absolute Gasteiger partial charge is 0.481 e. The molecule has 0 saturated heterocycles. The van der Waals surface area contributed by atoms with Gasteiger partial charge in [-0.15, -0.1) is 6.58 Å². The number of allylic oxidation sites excluding steroid dienone is 1. The van der Waals surface area contributed by atoms with Crippen LogP contribution in [0.25, 0.3) is 0 Å². The van der Waals surface area contributed by atoms with Crippen molar-refractivity contribution in [3.05, 3.63) is 33.6 Å². The summed E-state index contributed by atoms with van der Waals surface area (Å²) in [4.78, 5) is 13.8. The smallest absolute Gasteiger partial charge is 0.338 e. The van der Waals surface area contributed by atoms with Crippen LogP contribution in [0.2, 0.25) is 34.8 Å². The maximum Gasteiger partial charge on any atom is 0.338 e. The van der Waals surface area contributed by atoms with Gasteiger partial charge in [-0.3, -0.25) is 0 Å². The normalized spacial score (nSPS) is 35.6. The fourth-order valence-electron chi connectivity index (χ4n) is 10.7. The average Bonchev–Trinajstić information content (AvgIpc) is 3.50. The monoisotopic (exact) mass is 828 g/mol. The molecule has 0 aromatic carbocycles. The molecule has 0 amide bonds. The molecule has 6 nitrogen and oxygen atoms in total. The van der Waals surface area contributed by atoms with Crippen LogP contribution >= 0.6 is 22.6 Å². The molecular formula is C40H69IO6Si2. The lowest BCUT2D eigenvalue weighted by atomic mass is 9.63. The molecule has 1 aliphatic heterocycles. The summed E-state index contributed by atoms with van der Waals surface area (Å²) in [7, 11) is -2.94. The highest BCUT2D eigenvalue weighted by Gasteiger charge is 2.67. The number of carbonyl (C=O) groups is 1. The Kier molecular flexibility index (Phi) is 12.4. The number of ether oxygens (including phenoxy) is 2. The topological polar surface area (TPSA) is 74.2 Å². The van der Waals surface area contributed by atoms with E-state index in [0.29, 0.717) is 44.7 Å². The highest BCUT2D eigenvalue weighted by atomic mass is 127. The molecule has 0 radical (unpaired) electrons. The van der Waals surface area contributed by atoms with Crippen LogP contribution in [0.1, 0.15) is 102 Å². The van der Waals surface area contributed by atoms with E-state index in [1.54, 1.807) is 6.08 Å². The minimum absolute atomic E-state index is 0.0120. The first kappa shape index (κ1) is 41.3. The zero-order chi connectivity index (χ0) is 37.2. The van der Waals surface area contributed by atoms with Gasteiger partial charge in [-0.05, 0) is 108 Å². The third-order valence-electron chi connectivity index (χ3n) is 14.1. The summed E-state index contributed by atoms with van der Waals surface area (Å²) in [5, 5.41) is 10.6. The van der Waals surface area contributed by atoms with Crippen molar-refractivity contribution in [2.45, 2.75) is 161 Å². The standard InChI is InChI=1S/C40H69IO6Si2/c1-17-27(42)18-19-40(13)30-21-28-25(8)20-29-32(31(28)33(30)34(37(41)45-40)38(43)44-14)36(46-48(15,16)39(10,11)12)26(9)35(29)47-49(22(2)3,23(4)5)24(6)7/h17,20,22-24,26-33,35-36,42H,1,18-19,21H2,2-16H3/t26-,27-,28-,29+,30+,31-,32-,33+,35-,36+,40-/m0/s1. The molecular weight excluding hydrogens is 760 g/mol. The van der Waals surface area contributed by atoms with Crippen molar-refractivity contribution in [1.82, 2.24) is 0 Å². The van der Waals surface area contributed by atoms with Gasteiger partial charge in [-0.1, -0.05) is 87.0 Å². The van der Waals surface area contributed by atoms with Crippen molar-refractivity contribution in [2.75, 3.05) is 7.11 Å². The Hall–Kier alpha value is -0.466. The van der Waals surface area contributed by atoms with Gasteiger partial charge in [0.25, 0.3) is 0 Å². The van der Waals surface area contributed by atoms with Crippen molar-refractivity contribution in [3.8, 4) is 0 Å². The maximum absolute atomic E-state index is 13.8. The minimum Gasteiger partial charge on any atom is -0.481 e. The third-order valence-corrected chi connectivity index (χ3v) is 25.5.